The smallest absolute Gasteiger partial charge is 0.343 e. The molecule has 0 bridgehead atoms. The van der Waals surface area contributed by atoms with E-state index in [-0.39, 0.29) is 17.6 Å². The molecule has 0 unspecified atom stereocenters. The van der Waals surface area contributed by atoms with Crippen molar-refractivity contribution in [3.8, 4) is 16.9 Å². The van der Waals surface area contributed by atoms with E-state index < -0.39 is 5.97 Å². The number of pyridine rings is 1. The lowest BCUT2D eigenvalue weighted by Gasteiger charge is -2.25. The average molecular weight is 505 g/mol. The summed E-state index contributed by atoms with van der Waals surface area (Å²) in [6, 6.07) is 15.5. The zero-order valence-corrected chi connectivity index (χ0v) is 21.4. The van der Waals surface area contributed by atoms with Gasteiger partial charge in [0.25, 0.3) is 0 Å². The number of ether oxygens (including phenoxy) is 2. The molecule has 4 aromatic rings. The van der Waals surface area contributed by atoms with Crippen LogP contribution in [-0.4, -0.2) is 62.5 Å². The van der Waals surface area contributed by atoms with E-state index in [2.05, 4.69) is 4.90 Å². The van der Waals surface area contributed by atoms with E-state index in [0.717, 1.165) is 45.4 Å². The van der Waals surface area contributed by atoms with Crippen LogP contribution in [0.1, 0.15) is 17.3 Å². The van der Waals surface area contributed by atoms with Crippen molar-refractivity contribution in [1.29, 1.82) is 0 Å². The molecule has 1 aliphatic rings. The molecule has 1 aliphatic heterocycles. The van der Waals surface area contributed by atoms with Crippen molar-refractivity contribution in [2.24, 2.45) is 0 Å². The van der Waals surface area contributed by atoms with Crippen molar-refractivity contribution in [2.45, 2.75) is 6.92 Å². The van der Waals surface area contributed by atoms with Gasteiger partial charge in [-0.15, -0.1) is 0 Å². The Balaban J connectivity index is 1.63. The summed E-state index contributed by atoms with van der Waals surface area (Å²) in [5, 5.41) is 0.970. The van der Waals surface area contributed by atoms with Crippen molar-refractivity contribution in [3.63, 3.8) is 0 Å². The first kappa shape index (κ1) is 24.0. The predicted molar refractivity (Wildman–Crippen MR) is 144 cm³/mol. The van der Waals surface area contributed by atoms with Gasteiger partial charge < -0.3 is 23.8 Å². The first-order chi connectivity index (χ1) is 17.4. The van der Waals surface area contributed by atoms with E-state index in [4.69, 9.17) is 14.5 Å². The normalized spacial score (nSPS) is 13.7. The second-order valence-corrected chi connectivity index (χ2v) is 9.73. The molecule has 2 aromatic heterocycles. The van der Waals surface area contributed by atoms with Gasteiger partial charge in [-0.1, -0.05) is 23.5 Å². The first-order valence-corrected chi connectivity index (χ1v) is 12.7. The zero-order chi connectivity index (χ0) is 25.2. The summed E-state index contributed by atoms with van der Waals surface area (Å²) in [6.45, 7) is 4.96. The van der Waals surface area contributed by atoms with Crippen LogP contribution in [0.2, 0.25) is 0 Å². The molecule has 0 amide bonds. The highest BCUT2D eigenvalue weighted by molar-refractivity contribution is 7.22. The lowest BCUT2D eigenvalue weighted by molar-refractivity contribution is 0.0524. The monoisotopic (exact) mass is 504 g/mol. The molecule has 1 fully saturated rings. The molecular formula is C27H28N4O4S. The Morgan fingerprint density at radius 1 is 1.11 bits per heavy atom. The van der Waals surface area contributed by atoms with Gasteiger partial charge >= 0.3 is 5.97 Å². The van der Waals surface area contributed by atoms with Gasteiger partial charge in [0.2, 0.25) is 0 Å². The number of morpholine rings is 1. The van der Waals surface area contributed by atoms with Crippen LogP contribution >= 0.6 is 11.3 Å². The second kappa shape index (κ2) is 10.1. The summed E-state index contributed by atoms with van der Waals surface area (Å²) in [7, 11) is 3.96. The SMILES string of the molecule is CCOC(=O)c1cn(-c2ccc3nc(N4CCOCC4)sc3c2)c(-c2ccc(N(C)C)cc2)cc1=O. The number of thiazole rings is 1. The number of esters is 1. The summed E-state index contributed by atoms with van der Waals surface area (Å²) >= 11 is 1.63. The summed E-state index contributed by atoms with van der Waals surface area (Å²) in [5.74, 6) is -0.626. The van der Waals surface area contributed by atoms with E-state index >= 15 is 0 Å². The van der Waals surface area contributed by atoms with Gasteiger partial charge in [0.1, 0.15) is 5.56 Å². The minimum absolute atomic E-state index is 0.00363. The summed E-state index contributed by atoms with van der Waals surface area (Å²) in [4.78, 5) is 34.5. The van der Waals surface area contributed by atoms with Crippen molar-refractivity contribution in [3.05, 3.63) is 70.5 Å². The van der Waals surface area contributed by atoms with Crippen LogP contribution in [0.5, 0.6) is 0 Å². The van der Waals surface area contributed by atoms with E-state index in [9.17, 15) is 9.59 Å². The average Bonchev–Trinajstić information content (AvgIpc) is 3.33. The number of benzene rings is 2. The van der Waals surface area contributed by atoms with E-state index in [1.165, 1.54) is 6.07 Å². The number of carbonyl (C=O) groups is 1. The topological polar surface area (TPSA) is 76.9 Å². The highest BCUT2D eigenvalue weighted by Crippen LogP contribution is 2.32. The first-order valence-electron chi connectivity index (χ1n) is 11.9. The molecule has 2 aromatic carbocycles. The number of nitrogens with zero attached hydrogens (tertiary/aromatic N) is 4. The number of rotatable bonds is 6. The maximum Gasteiger partial charge on any atom is 0.343 e. The van der Waals surface area contributed by atoms with Gasteiger partial charge in [-0.2, -0.15) is 0 Å². The maximum atomic E-state index is 12.9. The molecule has 1 saturated heterocycles. The highest BCUT2D eigenvalue weighted by Gasteiger charge is 2.19. The molecule has 0 atom stereocenters. The highest BCUT2D eigenvalue weighted by atomic mass is 32.1. The van der Waals surface area contributed by atoms with Gasteiger partial charge in [0, 0.05) is 50.8 Å². The van der Waals surface area contributed by atoms with Crippen LogP contribution in [0.15, 0.2) is 59.5 Å². The molecule has 0 saturated carbocycles. The fraction of sp³-hybridized carbons (Fsp3) is 0.296. The lowest BCUT2D eigenvalue weighted by Crippen LogP contribution is -2.36. The summed E-state index contributed by atoms with van der Waals surface area (Å²) in [6.07, 6.45) is 1.58. The molecule has 0 N–H and O–H groups in total. The Kier molecular flexibility index (Phi) is 6.75. The van der Waals surface area contributed by atoms with E-state index in [1.807, 2.05) is 66.0 Å². The third kappa shape index (κ3) is 4.72. The number of hydrogen-bond acceptors (Lipinski definition) is 8. The van der Waals surface area contributed by atoms with Crippen LogP contribution in [0.4, 0.5) is 10.8 Å². The predicted octanol–water partition coefficient (Wildman–Crippen LogP) is 4.19. The van der Waals surface area contributed by atoms with Crippen molar-refractivity contribution >= 4 is 38.3 Å². The molecular weight excluding hydrogens is 476 g/mol. The third-order valence-electron chi connectivity index (χ3n) is 6.15. The van der Waals surface area contributed by atoms with Crippen molar-refractivity contribution in [2.75, 3.05) is 56.8 Å². The van der Waals surface area contributed by atoms with E-state index in [1.54, 1.807) is 24.5 Å². The van der Waals surface area contributed by atoms with Gasteiger partial charge in [-0.05, 0) is 42.8 Å². The fourth-order valence-electron chi connectivity index (χ4n) is 4.20. The van der Waals surface area contributed by atoms with E-state index in [0.29, 0.717) is 18.9 Å². The van der Waals surface area contributed by atoms with Gasteiger partial charge in [0.15, 0.2) is 10.6 Å². The minimum Gasteiger partial charge on any atom is -0.462 e. The maximum absolute atomic E-state index is 12.9. The molecule has 36 heavy (non-hydrogen) atoms. The van der Waals surface area contributed by atoms with Gasteiger partial charge in [-0.25, -0.2) is 9.78 Å². The summed E-state index contributed by atoms with van der Waals surface area (Å²) in [5.41, 5.74) is 3.99. The van der Waals surface area contributed by atoms with Crippen molar-refractivity contribution < 1.29 is 14.3 Å². The number of fused-ring (bicyclic) bond motifs is 1. The molecule has 0 spiro atoms. The van der Waals surface area contributed by atoms with Gasteiger partial charge in [-0.3, -0.25) is 4.79 Å². The number of aromatic nitrogens is 2. The van der Waals surface area contributed by atoms with Crippen molar-refractivity contribution in [1.82, 2.24) is 9.55 Å². The molecule has 8 nitrogen and oxygen atoms in total. The summed E-state index contributed by atoms with van der Waals surface area (Å²) < 4.78 is 13.5. The largest absolute Gasteiger partial charge is 0.462 e. The molecule has 186 valence electrons. The fourth-order valence-corrected chi connectivity index (χ4v) is 5.25. The standard InChI is InChI=1S/C27H28N4O4S/c1-4-35-26(33)21-17-31(23(16-24(21)32)18-5-7-19(8-6-18)29(2)3)20-9-10-22-25(15-20)36-27(28-22)30-11-13-34-14-12-30/h5-10,15-17H,4,11-14H2,1-3H3. The van der Waals surface area contributed by atoms with Crippen LogP contribution in [-0.2, 0) is 9.47 Å². The molecule has 0 radical (unpaired) electrons. The van der Waals surface area contributed by atoms with Gasteiger partial charge in [0.05, 0.1) is 35.7 Å². The third-order valence-corrected chi connectivity index (χ3v) is 7.23. The second-order valence-electron chi connectivity index (χ2n) is 8.72. The van der Waals surface area contributed by atoms with Crippen LogP contribution < -0.4 is 15.2 Å². The minimum atomic E-state index is -0.626. The Hall–Kier alpha value is -3.69. The van der Waals surface area contributed by atoms with Crippen LogP contribution in [0.25, 0.3) is 27.2 Å². The molecule has 5 rings (SSSR count). The quantitative estimate of drug-likeness (QED) is 0.364. The lowest BCUT2D eigenvalue weighted by atomic mass is 10.1. The zero-order valence-electron chi connectivity index (χ0n) is 20.6. The molecule has 3 heterocycles. The number of hydrogen-bond donors (Lipinski definition) is 0. The number of carbonyl (C=O) groups excluding carboxylic acids is 1. The Labute approximate surface area is 213 Å². The molecule has 0 aliphatic carbocycles. The Bertz CT molecular complexity index is 1450. The Morgan fingerprint density at radius 3 is 2.56 bits per heavy atom. The number of anilines is 2. The van der Waals surface area contributed by atoms with Crippen LogP contribution in [0.3, 0.4) is 0 Å². The Morgan fingerprint density at radius 2 is 1.86 bits per heavy atom. The molecule has 9 heteroatoms. The van der Waals surface area contributed by atoms with Crippen LogP contribution in [0, 0.1) is 0 Å².